The van der Waals surface area contributed by atoms with Crippen LogP contribution in [0.2, 0.25) is 0 Å². The van der Waals surface area contributed by atoms with Gasteiger partial charge in [-0.3, -0.25) is 4.79 Å². The molecule has 1 atom stereocenters. The molecule has 0 aliphatic rings. The number of nitrogens with two attached hydrogens (primary N) is 1. The third-order valence-electron chi connectivity index (χ3n) is 1.06. The molecule has 5 nitrogen and oxygen atoms in total. The van der Waals surface area contributed by atoms with Crippen LogP contribution < -0.4 is 5.73 Å². The molecule has 1 radical (unpaired) electrons. The minimum absolute atomic E-state index is 0.519. The standard InChI is InChI=1S/C8H14NO4/c1-8(2,3)13-7(12)5(10)4-6(9)11/h5H,4H2,1-3H3,(H2,9,11). The summed E-state index contributed by atoms with van der Waals surface area (Å²) in [5.74, 6) is -1.74. The number of hydrogen-bond donors (Lipinski definition) is 1. The lowest BCUT2D eigenvalue weighted by Gasteiger charge is -2.20. The molecule has 1 unspecified atom stereocenters. The van der Waals surface area contributed by atoms with Crippen molar-refractivity contribution in [3.05, 3.63) is 0 Å². The highest BCUT2D eigenvalue weighted by Gasteiger charge is 2.25. The van der Waals surface area contributed by atoms with Crippen molar-refractivity contribution in [1.29, 1.82) is 0 Å². The van der Waals surface area contributed by atoms with Crippen LogP contribution in [-0.4, -0.2) is 23.6 Å². The zero-order valence-corrected chi connectivity index (χ0v) is 7.99. The molecule has 0 aliphatic carbocycles. The van der Waals surface area contributed by atoms with E-state index in [2.05, 4.69) is 0 Å². The molecule has 13 heavy (non-hydrogen) atoms. The fourth-order valence-electron chi connectivity index (χ4n) is 0.634. The quantitative estimate of drug-likeness (QED) is 0.632. The molecule has 0 aliphatic heterocycles. The first-order valence-electron chi connectivity index (χ1n) is 3.89. The topological polar surface area (TPSA) is 89.3 Å². The Bertz CT molecular complexity index is 207. The summed E-state index contributed by atoms with van der Waals surface area (Å²) in [5.41, 5.74) is 4.04. The first-order valence-corrected chi connectivity index (χ1v) is 3.89. The number of primary amides is 1. The van der Waals surface area contributed by atoms with Gasteiger partial charge in [0, 0.05) is 0 Å². The SMILES string of the molecule is CC(C)(C)OC(=O)C([O])CC(N)=O. The molecule has 0 aromatic heterocycles. The van der Waals surface area contributed by atoms with Crippen LogP contribution in [0.15, 0.2) is 0 Å². The molecule has 0 heterocycles. The van der Waals surface area contributed by atoms with Gasteiger partial charge < -0.3 is 10.5 Å². The molecule has 0 fully saturated rings. The number of esters is 1. The maximum absolute atomic E-state index is 11.0. The normalized spacial score (nSPS) is 13.5. The van der Waals surface area contributed by atoms with E-state index in [0.29, 0.717) is 0 Å². The predicted molar refractivity (Wildman–Crippen MR) is 44.1 cm³/mol. The fraction of sp³-hybridized carbons (Fsp3) is 0.750. The highest BCUT2D eigenvalue weighted by atomic mass is 16.6. The van der Waals surface area contributed by atoms with Crippen molar-refractivity contribution in [1.82, 2.24) is 0 Å². The van der Waals surface area contributed by atoms with Gasteiger partial charge in [-0.05, 0) is 20.8 Å². The first-order chi connectivity index (χ1) is 5.72. The van der Waals surface area contributed by atoms with Gasteiger partial charge in [0.25, 0.3) is 0 Å². The average molecular weight is 188 g/mol. The number of hydrogen-bond acceptors (Lipinski definition) is 3. The molecule has 5 heteroatoms. The lowest BCUT2D eigenvalue weighted by Crippen LogP contribution is -2.33. The van der Waals surface area contributed by atoms with Crippen molar-refractivity contribution < 1.29 is 19.4 Å². The third kappa shape index (κ3) is 6.10. The van der Waals surface area contributed by atoms with Crippen LogP contribution in [0.5, 0.6) is 0 Å². The number of amides is 1. The molecule has 0 aromatic carbocycles. The van der Waals surface area contributed by atoms with E-state index >= 15 is 0 Å². The average Bonchev–Trinajstić information content (AvgIpc) is 1.81. The Labute approximate surface area is 76.9 Å². The molecule has 0 saturated heterocycles. The second kappa shape index (κ2) is 4.23. The molecule has 0 spiro atoms. The van der Waals surface area contributed by atoms with Gasteiger partial charge in [0.05, 0.1) is 6.42 Å². The second-order valence-electron chi connectivity index (χ2n) is 3.69. The maximum Gasteiger partial charge on any atom is 0.339 e. The van der Waals surface area contributed by atoms with Crippen LogP contribution in [0.4, 0.5) is 0 Å². The Morgan fingerprint density at radius 1 is 1.38 bits per heavy atom. The molecule has 1 amide bonds. The van der Waals surface area contributed by atoms with E-state index in [9.17, 15) is 14.7 Å². The molecule has 0 aromatic rings. The largest absolute Gasteiger partial charge is 0.458 e. The van der Waals surface area contributed by atoms with E-state index in [1.807, 2.05) is 0 Å². The van der Waals surface area contributed by atoms with Crippen molar-refractivity contribution >= 4 is 11.9 Å². The minimum atomic E-state index is -1.71. The number of ether oxygens (including phenoxy) is 1. The Balaban J connectivity index is 4.05. The lowest BCUT2D eigenvalue weighted by atomic mass is 10.2. The van der Waals surface area contributed by atoms with E-state index in [0.717, 1.165) is 0 Å². The number of rotatable bonds is 3. The zero-order valence-electron chi connectivity index (χ0n) is 7.99. The summed E-state index contributed by atoms with van der Waals surface area (Å²) < 4.78 is 4.74. The monoisotopic (exact) mass is 188 g/mol. The third-order valence-corrected chi connectivity index (χ3v) is 1.06. The number of carbonyl (C=O) groups excluding carboxylic acids is 2. The Kier molecular flexibility index (Phi) is 3.87. The van der Waals surface area contributed by atoms with Gasteiger partial charge in [0.2, 0.25) is 5.91 Å². The van der Waals surface area contributed by atoms with Gasteiger partial charge in [-0.15, -0.1) is 0 Å². The Hall–Kier alpha value is -1.10. The summed E-state index contributed by atoms with van der Waals surface area (Å²) in [4.78, 5) is 21.2. The Morgan fingerprint density at radius 3 is 2.15 bits per heavy atom. The van der Waals surface area contributed by atoms with Crippen molar-refractivity contribution in [2.24, 2.45) is 5.73 Å². The molecule has 0 rings (SSSR count). The van der Waals surface area contributed by atoms with Gasteiger partial charge in [0.15, 0.2) is 6.10 Å². The van der Waals surface area contributed by atoms with Gasteiger partial charge in [-0.2, -0.15) is 0 Å². The summed E-state index contributed by atoms with van der Waals surface area (Å²) in [6, 6.07) is 0. The minimum Gasteiger partial charge on any atom is -0.458 e. The van der Waals surface area contributed by atoms with E-state index in [1.54, 1.807) is 20.8 Å². The van der Waals surface area contributed by atoms with Crippen LogP contribution in [0.25, 0.3) is 0 Å². The molecular weight excluding hydrogens is 174 g/mol. The molecule has 0 bridgehead atoms. The van der Waals surface area contributed by atoms with Gasteiger partial charge >= 0.3 is 5.97 Å². The van der Waals surface area contributed by atoms with Crippen LogP contribution in [0.1, 0.15) is 27.2 Å². The Morgan fingerprint density at radius 2 is 1.85 bits per heavy atom. The second-order valence-corrected chi connectivity index (χ2v) is 3.69. The van der Waals surface area contributed by atoms with E-state index < -0.39 is 30.0 Å². The summed E-state index contributed by atoms with van der Waals surface area (Å²) >= 11 is 0. The highest BCUT2D eigenvalue weighted by Crippen LogP contribution is 2.09. The summed E-state index contributed by atoms with van der Waals surface area (Å²) in [6.45, 7) is 4.92. The predicted octanol–water partition coefficient (Wildman–Crippen LogP) is 0.00260. The van der Waals surface area contributed by atoms with E-state index in [1.165, 1.54) is 0 Å². The molecular formula is C8H14NO4. The van der Waals surface area contributed by atoms with Crippen molar-refractivity contribution in [2.75, 3.05) is 0 Å². The van der Waals surface area contributed by atoms with Gasteiger partial charge in [0.1, 0.15) is 5.60 Å². The first kappa shape index (κ1) is 11.9. The van der Waals surface area contributed by atoms with Crippen LogP contribution in [0.3, 0.4) is 0 Å². The molecule has 0 saturated carbocycles. The number of carbonyl (C=O) groups is 2. The molecule has 2 N–H and O–H groups in total. The smallest absolute Gasteiger partial charge is 0.339 e. The zero-order chi connectivity index (χ0) is 10.6. The van der Waals surface area contributed by atoms with Crippen molar-refractivity contribution in [3.8, 4) is 0 Å². The highest BCUT2D eigenvalue weighted by molar-refractivity contribution is 5.83. The van der Waals surface area contributed by atoms with Crippen LogP contribution in [-0.2, 0) is 19.4 Å². The van der Waals surface area contributed by atoms with Gasteiger partial charge in [-0.1, -0.05) is 0 Å². The van der Waals surface area contributed by atoms with E-state index in [4.69, 9.17) is 10.5 Å². The van der Waals surface area contributed by atoms with Crippen molar-refractivity contribution in [3.63, 3.8) is 0 Å². The summed E-state index contributed by atoms with van der Waals surface area (Å²) in [5, 5.41) is 10.9. The van der Waals surface area contributed by atoms with Crippen LogP contribution in [0, 0.1) is 0 Å². The van der Waals surface area contributed by atoms with Crippen molar-refractivity contribution in [2.45, 2.75) is 38.9 Å². The fourth-order valence-corrected chi connectivity index (χ4v) is 0.634. The maximum atomic E-state index is 11.0. The van der Waals surface area contributed by atoms with E-state index in [-0.39, 0.29) is 0 Å². The van der Waals surface area contributed by atoms with Crippen LogP contribution >= 0.6 is 0 Å². The van der Waals surface area contributed by atoms with Gasteiger partial charge in [-0.25, -0.2) is 9.90 Å². The summed E-state index contributed by atoms with van der Waals surface area (Å²) in [6.07, 6.45) is -2.23. The summed E-state index contributed by atoms with van der Waals surface area (Å²) in [7, 11) is 0. The molecule has 75 valence electrons. The lowest BCUT2D eigenvalue weighted by molar-refractivity contribution is -0.170.